The number of aliphatic carboxylic acids is 1. The van der Waals surface area contributed by atoms with E-state index in [0.717, 1.165) is 5.56 Å². The molecule has 0 saturated carbocycles. The highest BCUT2D eigenvalue weighted by Crippen LogP contribution is 2.25. The Kier molecular flexibility index (Phi) is 4.22. The van der Waals surface area contributed by atoms with E-state index in [4.69, 9.17) is 5.11 Å². The molecular formula is C14H19N3O3. The van der Waals surface area contributed by atoms with Gasteiger partial charge in [0.15, 0.2) is 0 Å². The predicted octanol–water partition coefficient (Wildman–Crippen LogP) is 1.43. The minimum absolute atomic E-state index is 0.127. The molecule has 2 rings (SSSR count). The van der Waals surface area contributed by atoms with E-state index < -0.39 is 11.9 Å². The van der Waals surface area contributed by atoms with Gasteiger partial charge < -0.3 is 14.9 Å². The molecule has 2 atom stereocenters. The molecule has 108 valence electrons. The van der Waals surface area contributed by atoms with Crippen LogP contribution in [0.1, 0.15) is 18.9 Å². The number of nitrogens with zero attached hydrogens (tertiary/aromatic N) is 3. The first kappa shape index (κ1) is 14.3. The van der Waals surface area contributed by atoms with E-state index in [-0.39, 0.29) is 12.1 Å². The summed E-state index contributed by atoms with van der Waals surface area (Å²) >= 11 is 0. The number of amides is 2. The van der Waals surface area contributed by atoms with Gasteiger partial charge in [-0.2, -0.15) is 0 Å². The van der Waals surface area contributed by atoms with E-state index >= 15 is 0 Å². The molecule has 20 heavy (non-hydrogen) atoms. The summed E-state index contributed by atoms with van der Waals surface area (Å²) < 4.78 is 0. The molecule has 1 aliphatic heterocycles. The Balaban J connectivity index is 1.99. The van der Waals surface area contributed by atoms with Crippen molar-refractivity contribution in [2.75, 3.05) is 13.6 Å². The summed E-state index contributed by atoms with van der Waals surface area (Å²) in [6, 6.07) is 3.33. The fourth-order valence-corrected chi connectivity index (χ4v) is 2.59. The van der Waals surface area contributed by atoms with Crippen molar-refractivity contribution in [1.29, 1.82) is 0 Å². The van der Waals surface area contributed by atoms with Gasteiger partial charge in [-0.15, -0.1) is 0 Å². The maximum absolute atomic E-state index is 12.4. The number of hydrogen-bond acceptors (Lipinski definition) is 3. The summed E-state index contributed by atoms with van der Waals surface area (Å²) in [6.07, 6.45) is 3.89. The van der Waals surface area contributed by atoms with Gasteiger partial charge in [0.2, 0.25) is 0 Å². The van der Waals surface area contributed by atoms with Crippen LogP contribution in [-0.4, -0.2) is 51.5 Å². The maximum Gasteiger partial charge on any atom is 0.320 e. The molecule has 1 N–H and O–H groups in total. The van der Waals surface area contributed by atoms with E-state index in [1.165, 1.54) is 0 Å². The Morgan fingerprint density at radius 3 is 2.65 bits per heavy atom. The first-order chi connectivity index (χ1) is 9.50. The van der Waals surface area contributed by atoms with Gasteiger partial charge >= 0.3 is 12.0 Å². The zero-order valence-corrected chi connectivity index (χ0v) is 11.7. The number of aromatic nitrogens is 1. The number of carboxylic acid groups (broad SMARTS) is 1. The van der Waals surface area contributed by atoms with Gasteiger partial charge in [0.1, 0.15) is 0 Å². The van der Waals surface area contributed by atoms with Gasteiger partial charge in [0.05, 0.1) is 5.92 Å². The lowest BCUT2D eigenvalue weighted by molar-refractivity contribution is -0.142. The van der Waals surface area contributed by atoms with E-state index in [9.17, 15) is 9.59 Å². The highest BCUT2D eigenvalue weighted by Gasteiger charge is 2.39. The normalized spacial score (nSPS) is 21.8. The molecule has 1 aliphatic rings. The second kappa shape index (κ2) is 5.90. The zero-order chi connectivity index (χ0) is 14.7. The highest BCUT2D eigenvalue weighted by atomic mass is 16.4. The van der Waals surface area contributed by atoms with Crippen LogP contribution in [0.5, 0.6) is 0 Å². The number of rotatable bonds is 3. The number of hydrogen-bond donors (Lipinski definition) is 1. The molecule has 0 aromatic carbocycles. The monoisotopic (exact) mass is 277 g/mol. The van der Waals surface area contributed by atoms with Gasteiger partial charge in [-0.3, -0.25) is 9.78 Å². The molecule has 6 nitrogen and oxygen atoms in total. The summed E-state index contributed by atoms with van der Waals surface area (Å²) in [5, 5.41) is 9.10. The zero-order valence-electron chi connectivity index (χ0n) is 11.7. The smallest absolute Gasteiger partial charge is 0.320 e. The molecule has 0 bridgehead atoms. The molecule has 2 amide bonds. The quantitative estimate of drug-likeness (QED) is 0.907. The number of carboxylic acids is 1. The number of urea groups is 1. The summed E-state index contributed by atoms with van der Waals surface area (Å²) in [6.45, 7) is 2.78. The fraction of sp³-hybridized carbons (Fsp3) is 0.500. The van der Waals surface area contributed by atoms with Crippen LogP contribution in [-0.2, 0) is 11.3 Å². The second-order valence-corrected chi connectivity index (χ2v) is 5.16. The van der Waals surface area contributed by atoms with Crippen LogP contribution in [0.15, 0.2) is 24.5 Å². The summed E-state index contributed by atoms with van der Waals surface area (Å²) in [7, 11) is 1.73. The first-order valence-electron chi connectivity index (χ1n) is 6.64. The van der Waals surface area contributed by atoms with Crippen LogP contribution in [0.3, 0.4) is 0 Å². The molecule has 2 heterocycles. The third kappa shape index (κ3) is 2.89. The summed E-state index contributed by atoms with van der Waals surface area (Å²) in [5.41, 5.74) is 0.998. The van der Waals surface area contributed by atoms with Gasteiger partial charge in [-0.1, -0.05) is 0 Å². The van der Waals surface area contributed by atoms with Crippen LogP contribution in [0.25, 0.3) is 0 Å². The molecule has 0 radical (unpaired) electrons. The lowest BCUT2D eigenvalue weighted by Crippen LogP contribution is -2.44. The molecule has 1 aromatic rings. The maximum atomic E-state index is 12.4. The molecular weight excluding hydrogens is 258 g/mol. The minimum atomic E-state index is -0.829. The highest BCUT2D eigenvalue weighted by molar-refractivity contribution is 5.78. The van der Waals surface area contributed by atoms with E-state index in [1.54, 1.807) is 36.2 Å². The molecule has 0 spiro atoms. The van der Waals surface area contributed by atoms with E-state index in [0.29, 0.717) is 19.5 Å². The number of carbonyl (C=O) groups excluding carboxylic acids is 1. The Labute approximate surface area is 118 Å². The Morgan fingerprint density at radius 1 is 1.45 bits per heavy atom. The van der Waals surface area contributed by atoms with Crippen molar-refractivity contribution in [3.8, 4) is 0 Å². The van der Waals surface area contributed by atoms with Crippen molar-refractivity contribution >= 4 is 12.0 Å². The van der Waals surface area contributed by atoms with Gasteiger partial charge in [-0.25, -0.2) is 4.79 Å². The number of pyridine rings is 1. The third-order valence-electron chi connectivity index (χ3n) is 3.81. The molecule has 1 fully saturated rings. The Bertz CT molecular complexity index is 492. The lowest BCUT2D eigenvalue weighted by atomic mass is 10.0. The van der Waals surface area contributed by atoms with Crippen molar-refractivity contribution in [3.63, 3.8) is 0 Å². The largest absolute Gasteiger partial charge is 0.481 e. The number of likely N-dealkylation sites (tertiary alicyclic amines) is 1. The van der Waals surface area contributed by atoms with Crippen LogP contribution >= 0.6 is 0 Å². The topological polar surface area (TPSA) is 73.7 Å². The third-order valence-corrected chi connectivity index (χ3v) is 3.81. The van der Waals surface area contributed by atoms with Crippen molar-refractivity contribution in [2.45, 2.75) is 25.9 Å². The van der Waals surface area contributed by atoms with E-state index in [2.05, 4.69) is 4.98 Å². The first-order valence-corrected chi connectivity index (χ1v) is 6.64. The minimum Gasteiger partial charge on any atom is -0.481 e. The van der Waals surface area contributed by atoms with Gasteiger partial charge in [0.25, 0.3) is 0 Å². The SMILES string of the molecule is CC1C(C(=O)O)CCN1C(=O)N(C)Cc1ccncc1. The molecule has 1 aromatic heterocycles. The lowest BCUT2D eigenvalue weighted by Gasteiger charge is -2.28. The predicted molar refractivity (Wildman–Crippen MR) is 73.0 cm³/mol. The molecule has 6 heteroatoms. The van der Waals surface area contributed by atoms with Crippen molar-refractivity contribution in [1.82, 2.24) is 14.8 Å². The summed E-state index contributed by atoms with van der Waals surface area (Å²) in [4.78, 5) is 30.6. The molecule has 0 aliphatic carbocycles. The standard InChI is InChI=1S/C14H19N3O3/c1-10-12(13(18)19)5-8-17(10)14(20)16(2)9-11-3-6-15-7-4-11/h3-4,6-7,10,12H,5,8-9H2,1-2H3,(H,18,19). The van der Waals surface area contributed by atoms with Crippen molar-refractivity contribution in [2.24, 2.45) is 5.92 Å². The van der Waals surface area contributed by atoms with Crippen LogP contribution < -0.4 is 0 Å². The average Bonchev–Trinajstić information content (AvgIpc) is 2.81. The second-order valence-electron chi connectivity index (χ2n) is 5.16. The van der Waals surface area contributed by atoms with Gasteiger partial charge in [0, 0.05) is 38.6 Å². The van der Waals surface area contributed by atoms with Crippen molar-refractivity contribution in [3.05, 3.63) is 30.1 Å². The van der Waals surface area contributed by atoms with E-state index in [1.807, 2.05) is 12.1 Å². The summed E-state index contributed by atoms with van der Waals surface area (Å²) in [5.74, 6) is -1.29. The van der Waals surface area contributed by atoms with Crippen LogP contribution in [0.2, 0.25) is 0 Å². The molecule has 2 unspecified atom stereocenters. The van der Waals surface area contributed by atoms with Crippen LogP contribution in [0.4, 0.5) is 4.79 Å². The molecule has 1 saturated heterocycles. The Hall–Kier alpha value is -2.11. The average molecular weight is 277 g/mol. The van der Waals surface area contributed by atoms with Crippen LogP contribution in [0, 0.1) is 5.92 Å². The van der Waals surface area contributed by atoms with Gasteiger partial charge in [-0.05, 0) is 31.0 Å². The Morgan fingerprint density at radius 2 is 2.10 bits per heavy atom. The number of carbonyl (C=O) groups is 2. The van der Waals surface area contributed by atoms with Crippen molar-refractivity contribution < 1.29 is 14.7 Å². The fourth-order valence-electron chi connectivity index (χ4n) is 2.59.